The summed E-state index contributed by atoms with van der Waals surface area (Å²) in [7, 11) is 0. The predicted molar refractivity (Wildman–Crippen MR) is 77.4 cm³/mol. The summed E-state index contributed by atoms with van der Waals surface area (Å²) in [5.74, 6) is -0.298. The normalized spacial score (nSPS) is 10.9. The quantitative estimate of drug-likeness (QED) is 0.619. The van der Waals surface area contributed by atoms with Gasteiger partial charge in [0.15, 0.2) is 0 Å². The number of fused-ring (bicyclic) bond motifs is 1. The third-order valence-corrected chi connectivity index (χ3v) is 3.34. The van der Waals surface area contributed by atoms with Crippen LogP contribution in [0.2, 0.25) is 0 Å². The molecule has 0 atom stereocenters. The molecular formula is C17H13FO2. The molecule has 0 radical (unpaired) electrons. The molecule has 0 aliphatic heterocycles. The van der Waals surface area contributed by atoms with E-state index in [9.17, 15) is 9.18 Å². The number of hydrogen-bond acceptors (Lipinski definition) is 2. The summed E-state index contributed by atoms with van der Waals surface area (Å²) in [6.07, 6.45) is 0. The lowest BCUT2D eigenvalue weighted by Crippen LogP contribution is -1.99. The number of aryl methyl sites for hydroxylation is 2. The van der Waals surface area contributed by atoms with Crippen LogP contribution in [0.15, 0.2) is 51.7 Å². The Bertz CT molecular complexity index is 845. The molecule has 3 heteroatoms. The van der Waals surface area contributed by atoms with Crippen molar-refractivity contribution in [2.75, 3.05) is 0 Å². The van der Waals surface area contributed by atoms with E-state index < -0.39 is 5.63 Å². The zero-order valence-electron chi connectivity index (χ0n) is 11.2. The van der Waals surface area contributed by atoms with Crippen molar-refractivity contribution in [2.24, 2.45) is 0 Å². The number of halogens is 1. The number of benzene rings is 2. The first-order chi connectivity index (χ1) is 9.54. The molecule has 0 bridgehead atoms. The summed E-state index contributed by atoms with van der Waals surface area (Å²) < 4.78 is 18.3. The molecule has 100 valence electrons. The number of hydrogen-bond donors (Lipinski definition) is 0. The zero-order chi connectivity index (χ0) is 14.3. The van der Waals surface area contributed by atoms with E-state index in [1.807, 2.05) is 26.0 Å². The lowest BCUT2D eigenvalue weighted by molar-refractivity contribution is 0.561. The average molecular weight is 268 g/mol. The SMILES string of the molecule is Cc1cc(C)c2c(-c3ccc(F)cc3)cc(=O)oc2c1. The Morgan fingerprint density at radius 2 is 1.70 bits per heavy atom. The molecule has 2 nitrogen and oxygen atoms in total. The third-order valence-electron chi connectivity index (χ3n) is 3.34. The van der Waals surface area contributed by atoms with Crippen LogP contribution in [0, 0.1) is 19.7 Å². The molecule has 0 fully saturated rings. The van der Waals surface area contributed by atoms with E-state index in [0.29, 0.717) is 5.58 Å². The van der Waals surface area contributed by atoms with E-state index in [1.165, 1.54) is 18.2 Å². The lowest BCUT2D eigenvalue weighted by Gasteiger charge is -2.09. The van der Waals surface area contributed by atoms with E-state index in [-0.39, 0.29) is 5.82 Å². The molecule has 1 aromatic heterocycles. The highest BCUT2D eigenvalue weighted by Crippen LogP contribution is 2.30. The van der Waals surface area contributed by atoms with Crippen molar-refractivity contribution in [3.8, 4) is 11.1 Å². The van der Waals surface area contributed by atoms with Crippen LogP contribution in [0.4, 0.5) is 4.39 Å². The minimum absolute atomic E-state index is 0.298. The van der Waals surface area contributed by atoms with E-state index >= 15 is 0 Å². The first-order valence-electron chi connectivity index (χ1n) is 6.35. The first kappa shape index (κ1) is 12.6. The van der Waals surface area contributed by atoms with Crippen LogP contribution in [0.25, 0.3) is 22.1 Å². The van der Waals surface area contributed by atoms with Gasteiger partial charge in [-0.2, -0.15) is 0 Å². The second-order valence-corrected chi connectivity index (χ2v) is 4.94. The molecule has 0 spiro atoms. The first-order valence-corrected chi connectivity index (χ1v) is 6.35. The highest BCUT2D eigenvalue weighted by molar-refractivity contribution is 5.95. The maximum absolute atomic E-state index is 13.0. The summed E-state index contributed by atoms with van der Waals surface area (Å²) in [4.78, 5) is 11.7. The minimum Gasteiger partial charge on any atom is -0.423 e. The van der Waals surface area contributed by atoms with Crippen molar-refractivity contribution in [3.63, 3.8) is 0 Å². The molecule has 20 heavy (non-hydrogen) atoms. The van der Waals surface area contributed by atoms with Gasteiger partial charge in [-0.15, -0.1) is 0 Å². The Morgan fingerprint density at radius 1 is 1.00 bits per heavy atom. The highest BCUT2D eigenvalue weighted by atomic mass is 19.1. The molecular weight excluding hydrogens is 255 g/mol. The maximum atomic E-state index is 13.0. The van der Waals surface area contributed by atoms with Crippen LogP contribution < -0.4 is 5.63 Å². The summed E-state index contributed by atoms with van der Waals surface area (Å²) in [5, 5.41) is 0.891. The van der Waals surface area contributed by atoms with E-state index in [1.54, 1.807) is 12.1 Å². The van der Waals surface area contributed by atoms with Crippen LogP contribution in [0.1, 0.15) is 11.1 Å². The lowest BCUT2D eigenvalue weighted by atomic mass is 9.97. The van der Waals surface area contributed by atoms with Gasteiger partial charge in [-0.1, -0.05) is 18.2 Å². The van der Waals surface area contributed by atoms with Gasteiger partial charge in [-0.3, -0.25) is 0 Å². The van der Waals surface area contributed by atoms with Gasteiger partial charge in [0.2, 0.25) is 0 Å². The Balaban J connectivity index is 2.40. The van der Waals surface area contributed by atoms with Gasteiger partial charge < -0.3 is 4.42 Å². The molecule has 2 aromatic carbocycles. The molecule has 0 unspecified atom stereocenters. The summed E-state index contributed by atoms with van der Waals surface area (Å²) in [6, 6.07) is 11.5. The summed E-state index contributed by atoms with van der Waals surface area (Å²) in [6.45, 7) is 3.93. The Kier molecular flexibility index (Phi) is 2.90. The fourth-order valence-corrected chi connectivity index (χ4v) is 2.54. The monoisotopic (exact) mass is 268 g/mol. The van der Waals surface area contributed by atoms with Gasteiger partial charge in [-0.05, 0) is 48.7 Å². The van der Waals surface area contributed by atoms with Crippen molar-refractivity contribution in [1.82, 2.24) is 0 Å². The summed E-state index contributed by atoms with van der Waals surface area (Å²) in [5.41, 5.74) is 3.80. The maximum Gasteiger partial charge on any atom is 0.336 e. The average Bonchev–Trinajstić information content (AvgIpc) is 2.37. The van der Waals surface area contributed by atoms with Crippen LogP contribution in [0.3, 0.4) is 0 Å². The Morgan fingerprint density at radius 3 is 2.40 bits per heavy atom. The van der Waals surface area contributed by atoms with Gasteiger partial charge in [-0.25, -0.2) is 9.18 Å². The molecule has 3 rings (SSSR count). The van der Waals surface area contributed by atoms with E-state index in [4.69, 9.17) is 4.42 Å². The minimum atomic E-state index is -0.401. The van der Waals surface area contributed by atoms with Crippen molar-refractivity contribution in [1.29, 1.82) is 0 Å². The highest BCUT2D eigenvalue weighted by Gasteiger charge is 2.11. The van der Waals surface area contributed by atoms with Crippen LogP contribution in [-0.2, 0) is 0 Å². The smallest absolute Gasteiger partial charge is 0.336 e. The predicted octanol–water partition coefficient (Wildman–Crippen LogP) is 4.22. The largest absolute Gasteiger partial charge is 0.423 e. The molecule has 3 aromatic rings. The molecule has 1 heterocycles. The second-order valence-electron chi connectivity index (χ2n) is 4.94. The Hall–Kier alpha value is -2.42. The van der Waals surface area contributed by atoms with E-state index in [0.717, 1.165) is 27.6 Å². The van der Waals surface area contributed by atoms with Gasteiger partial charge in [0, 0.05) is 17.0 Å². The molecule has 0 N–H and O–H groups in total. The molecule has 0 amide bonds. The third kappa shape index (κ3) is 2.11. The Labute approximate surface area is 115 Å². The van der Waals surface area contributed by atoms with Crippen LogP contribution >= 0.6 is 0 Å². The van der Waals surface area contributed by atoms with Gasteiger partial charge in [0.05, 0.1) is 0 Å². The standard InChI is InChI=1S/C17H13FO2/c1-10-7-11(2)17-14(9-16(19)20-15(17)8-10)12-3-5-13(18)6-4-12/h3-9H,1-2H3. The molecule has 0 aliphatic carbocycles. The van der Waals surface area contributed by atoms with Crippen molar-refractivity contribution in [3.05, 3.63) is 69.8 Å². The fraction of sp³-hybridized carbons (Fsp3) is 0.118. The molecule has 0 saturated heterocycles. The van der Waals surface area contributed by atoms with Crippen molar-refractivity contribution in [2.45, 2.75) is 13.8 Å². The number of rotatable bonds is 1. The second kappa shape index (κ2) is 4.60. The van der Waals surface area contributed by atoms with Gasteiger partial charge >= 0.3 is 5.63 Å². The van der Waals surface area contributed by atoms with Gasteiger partial charge in [0.1, 0.15) is 11.4 Å². The van der Waals surface area contributed by atoms with Crippen molar-refractivity contribution < 1.29 is 8.81 Å². The summed E-state index contributed by atoms with van der Waals surface area (Å²) >= 11 is 0. The topological polar surface area (TPSA) is 30.2 Å². The molecule has 0 saturated carbocycles. The van der Waals surface area contributed by atoms with Gasteiger partial charge in [0.25, 0.3) is 0 Å². The zero-order valence-corrected chi connectivity index (χ0v) is 11.2. The van der Waals surface area contributed by atoms with E-state index in [2.05, 4.69) is 0 Å². The fourth-order valence-electron chi connectivity index (χ4n) is 2.54. The van der Waals surface area contributed by atoms with Crippen molar-refractivity contribution >= 4 is 11.0 Å². The molecule has 0 aliphatic rings. The van der Waals surface area contributed by atoms with Crippen LogP contribution in [0.5, 0.6) is 0 Å². The van der Waals surface area contributed by atoms with Crippen LogP contribution in [-0.4, -0.2) is 0 Å².